The molecule has 0 amide bonds. The summed E-state index contributed by atoms with van der Waals surface area (Å²) >= 11 is 0. The maximum atomic E-state index is 7.55. The zero-order valence-electron chi connectivity index (χ0n) is 10.7. The molecule has 17 heavy (non-hydrogen) atoms. The van der Waals surface area contributed by atoms with E-state index >= 15 is 0 Å². The fraction of sp³-hybridized carbons (Fsp3) is 0.500. The molecule has 0 aliphatic heterocycles. The minimum absolute atomic E-state index is 0.0333. The number of nitrogens with zero attached hydrogens (tertiary/aromatic N) is 3. The largest absolute Gasteiger partial charge is 0.483 e. The van der Waals surface area contributed by atoms with Gasteiger partial charge in [-0.1, -0.05) is 20.8 Å². The Morgan fingerprint density at radius 2 is 2.12 bits per heavy atom. The zero-order chi connectivity index (χ0) is 12.6. The molecule has 5 nitrogen and oxygen atoms in total. The summed E-state index contributed by atoms with van der Waals surface area (Å²) in [6.07, 6.45) is 3.80. The average Bonchev–Trinajstić information content (AvgIpc) is 2.78. The van der Waals surface area contributed by atoms with Crippen molar-refractivity contribution in [2.24, 2.45) is 0 Å². The Morgan fingerprint density at radius 1 is 1.41 bits per heavy atom. The Labute approximate surface area is 101 Å². The Bertz CT molecular complexity index is 544. The molecule has 2 aromatic heterocycles. The van der Waals surface area contributed by atoms with E-state index < -0.39 is 0 Å². The van der Waals surface area contributed by atoms with Gasteiger partial charge in [0.15, 0.2) is 0 Å². The summed E-state index contributed by atoms with van der Waals surface area (Å²) in [6, 6.07) is 2.06. The normalized spacial score (nSPS) is 12.0. The summed E-state index contributed by atoms with van der Waals surface area (Å²) in [4.78, 5) is 0. The third kappa shape index (κ3) is 2.18. The topological polar surface area (TPSA) is 55.3 Å². The molecule has 2 rings (SSSR count). The van der Waals surface area contributed by atoms with E-state index in [2.05, 4.69) is 31.9 Å². The fourth-order valence-electron chi connectivity index (χ4n) is 1.65. The summed E-state index contributed by atoms with van der Waals surface area (Å²) in [7, 11) is 1.51. The van der Waals surface area contributed by atoms with E-state index in [0.29, 0.717) is 6.54 Å². The van der Waals surface area contributed by atoms with Crippen LogP contribution in [0, 0.1) is 5.41 Å². The van der Waals surface area contributed by atoms with Crippen molar-refractivity contribution < 1.29 is 4.74 Å². The van der Waals surface area contributed by atoms with Crippen LogP contribution in [0.25, 0.3) is 5.65 Å². The molecular formula is C12H18N4O. The number of hydrogen-bond donors (Lipinski definition) is 1. The van der Waals surface area contributed by atoms with Crippen molar-refractivity contribution in [2.45, 2.75) is 32.7 Å². The van der Waals surface area contributed by atoms with Gasteiger partial charge in [-0.25, -0.2) is 4.52 Å². The number of hydrogen-bond acceptors (Lipinski definition) is 3. The van der Waals surface area contributed by atoms with Gasteiger partial charge in [0, 0.05) is 23.9 Å². The highest BCUT2D eigenvalue weighted by Gasteiger charge is 2.19. The molecule has 1 N–H and O–H groups in total. The standard InChI is InChI=1S/C12H18N4O/c1-12(2,3)9-7-11-15(8-10(13)17-4)5-6-16(11)14-9/h5-7,13H,8H2,1-4H3. The van der Waals surface area contributed by atoms with Gasteiger partial charge >= 0.3 is 0 Å². The molecule has 0 saturated heterocycles. The summed E-state index contributed by atoms with van der Waals surface area (Å²) < 4.78 is 8.67. The molecule has 92 valence electrons. The maximum absolute atomic E-state index is 7.55. The predicted octanol–water partition coefficient (Wildman–Crippen LogP) is 2.06. The molecule has 0 aromatic carbocycles. The molecule has 0 spiro atoms. The minimum atomic E-state index is 0.0333. The second-order valence-corrected chi connectivity index (χ2v) is 5.14. The van der Waals surface area contributed by atoms with E-state index in [9.17, 15) is 0 Å². The molecule has 5 heteroatoms. The quantitative estimate of drug-likeness (QED) is 0.638. The number of ether oxygens (including phenoxy) is 1. The van der Waals surface area contributed by atoms with Crippen molar-refractivity contribution in [3.63, 3.8) is 0 Å². The lowest BCUT2D eigenvalue weighted by atomic mass is 9.93. The van der Waals surface area contributed by atoms with Gasteiger partial charge in [-0.3, -0.25) is 5.41 Å². The van der Waals surface area contributed by atoms with E-state index in [1.165, 1.54) is 7.11 Å². The van der Waals surface area contributed by atoms with Crippen molar-refractivity contribution in [1.29, 1.82) is 5.41 Å². The average molecular weight is 234 g/mol. The molecular weight excluding hydrogens is 216 g/mol. The van der Waals surface area contributed by atoms with Crippen LogP contribution in [-0.4, -0.2) is 27.2 Å². The number of nitrogens with one attached hydrogen (secondary N) is 1. The lowest BCUT2D eigenvalue weighted by Gasteiger charge is -2.13. The smallest absolute Gasteiger partial charge is 0.200 e. The number of imidazole rings is 1. The molecule has 2 heterocycles. The van der Waals surface area contributed by atoms with Crippen molar-refractivity contribution in [3.8, 4) is 0 Å². The molecule has 0 bridgehead atoms. The zero-order valence-corrected chi connectivity index (χ0v) is 10.7. The van der Waals surface area contributed by atoms with Crippen LogP contribution in [0.4, 0.5) is 0 Å². The van der Waals surface area contributed by atoms with E-state index in [-0.39, 0.29) is 11.3 Å². The lowest BCUT2D eigenvalue weighted by molar-refractivity contribution is 0.382. The Balaban J connectivity index is 2.39. The van der Waals surface area contributed by atoms with Gasteiger partial charge in [-0.2, -0.15) is 5.10 Å². The number of fused-ring (bicyclic) bond motifs is 1. The fourth-order valence-corrected chi connectivity index (χ4v) is 1.65. The second-order valence-electron chi connectivity index (χ2n) is 5.14. The third-order valence-corrected chi connectivity index (χ3v) is 2.73. The monoisotopic (exact) mass is 234 g/mol. The van der Waals surface area contributed by atoms with Gasteiger partial charge in [0.1, 0.15) is 5.65 Å². The van der Waals surface area contributed by atoms with Crippen LogP contribution in [-0.2, 0) is 16.7 Å². The van der Waals surface area contributed by atoms with Crippen LogP contribution >= 0.6 is 0 Å². The van der Waals surface area contributed by atoms with Gasteiger partial charge in [-0.15, -0.1) is 0 Å². The van der Waals surface area contributed by atoms with Gasteiger partial charge in [-0.05, 0) is 0 Å². The molecule has 2 aromatic rings. The molecule has 0 fully saturated rings. The van der Waals surface area contributed by atoms with Crippen molar-refractivity contribution >= 4 is 11.5 Å². The van der Waals surface area contributed by atoms with Crippen LogP contribution in [0.15, 0.2) is 18.5 Å². The SMILES string of the molecule is COC(=N)Cn1ccn2nc(C(C)(C)C)cc12. The highest BCUT2D eigenvalue weighted by atomic mass is 16.5. The van der Waals surface area contributed by atoms with Gasteiger partial charge in [0.25, 0.3) is 0 Å². The summed E-state index contributed by atoms with van der Waals surface area (Å²) in [5.74, 6) is 0.238. The number of aromatic nitrogens is 3. The first-order valence-corrected chi connectivity index (χ1v) is 5.58. The van der Waals surface area contributed by atoms with Gasteiger partial charge < -0.3 is 9.30 Å². The van der Waals surface area contributed by atoms with Crippen molar-refractivity contribution in [3.05, 3.63) is 24.2 Å². The number of methoxy groups -OCH3 is 1. The maximum Gasteiger partial charge on any atom is 0.200 e. The molecule has 0 unspecified atom stereocenters. The first-order valence-electron chi connectivity index (χ1n) is 5.58. The van der Waals surface area contributed by atoms with Crippen LogP contribution in [0.3, 0.4) is 0 Å². The lowest BCUT2D eigenvalue weighted by Crippen LogP contribution is -2.12. The van der Waals surface area contributed by atoms with Crippen LogP contribution < -0.4 is 0 Å². The van der Waals surface area contributed by atoms with E-state index in [1.807, 2.05) is 21.5 Å². The molecule has 0 saturated carbocycles. The molecule has 0 aliphatic rings. The Kier molecular flexibility index (Phi) is 2.69. The highest BCUT2D eigenvalue weighted by molar-refractivity contribution is 5.73. The minimum Gasteiger partial charge on any atom is -0.483 e. The first kappa shape index (κ1) is 11.7. The Hall–Kier alpha value is -1.78. The van der Waals surface area contributed by atoms with Crippen molar-refractivity contribution in [1.82, 2.24) is 14.2 Å². The predicted molar refractivity (Wildman–Crippen MR) is 66.6 cm³/mol. The number of rotatable bonds is 2. The molecule has 0 atom stereocenters. The van der Waals surface area contributed by atoms with Gasteiger partial charge in [0.05, 0.1) is 19.3 Å². The van der Waals surface area contributed by atoms with Gasteiger partial charge in [0.2, 0.25) is 5.90 Å². The molecule has 0 aliphatic carbocycles. The van der Waals surface area contributed by atoms with Crippen LogP contribution in [0.2, 0.25) is 0 Å². The second kappa shape index (κ2) is 3.91. The van der Waals surface area contributed by atoms with E-state index in [1.54, 1.807) is 0 Å². The van der Waals surface area contributed by atoms with E-state index in [0.717, 1.165) is 11.3 Å². The van der Waals surface area contributed by atoms with Crippen LogP contribution in [0.1, 0.15) is 26.5 Å². The first-order chi connectivity index (χ1) is 7.91. The van der Waals surface area contributed by atoms with Crippen LogP contribution in [0.5, 0.6) is 0 Å². The third-order valence-electron chi connectivity index (χ3n) is 2.73. The summed E-state index contributed by atoms with van der Waals surface area (Å²) in [6.45, 7) is 6.84. The van der Waals surface area contributed by atoms with Crippen molar-refractivity contribution in [2.75, 3.05) is 7.11 Å². The summed E-state index contributed by atoms with van der Waals surface area (Å²) in [5.41, 5.74) is 2.06. The highest BCUT2D eigenvalue weighted by Crippen LogP contribution is 2.22. The van der Waals surface area contributed by atoms with E-state index in [4.69, 9.17) is 10.1 Å². The Morgan fingerprint density at radius 3 is 2.71 bits per heavy atom. The summed E-state index contributed by atoms with van der Waals surface area (Å²) in [5, 5.41) is 12.1. The molecule has 0 radical (unpaired) electrons.